The smallest absolute Gasteiger partial charge is 0.275 e. The number of hydrogen-bond acceptors (Lipinski definition) is 4. The molecule has 1 aliphatic heterocycles. The summed E-state index contributed by atoms with van der Waals surface area (Å²) in [6.45, 7) is 3.02. The molecule has 0 radical (unpaired) electrons. The SMILES string of the molecule is Cc1cc(=O)c(C(=O)NCC2CCCN2)nn1-c1ccccc1F. The minimum absolute atomic E-state index is 0.196. The molecule has 1 amide bonds. The van der Waals surface area contributed by atoms with Gasteiger partial charge in [0, 0.05) is 24.3 Å². The Morgan fingerprint density at radius 1 is 1.46 bits per heavy atom. The summed E-state index contributed by atoms with van der Waals surface area (Å²) in [5.74, 6) is -1.02. The van der Waals surface area contributed by atoms with Crippen LogP contribution in [0.3, 0.4) is 0 Å². The third-order valence-electron chi connectivity index (χ3n) is 4.07. The lowest BCUT2D eigenvalue weighted by Gasteiger charge is -2.13. The maximum atomic E-state index is 14.0. The summed E-state index contributed by atoms with van der Waals surface area (Å²) in [4.78, 5) is 24.4. The average molecular weight is 330 g/mol. The topological polar surface area (TPSA) is 76.0 Å². The highest BCUT2D eigenvalue weighted by molar-refractivity contribution is 5.92. The van der Waals surface area contributed by atoms with Gasteiger partial charge < -0.3 is 10.6 Å². The van der Waals surface area contributed by atoms with Gasteiger partial charge in [0.05, 0.1) is 0 Å². The van der Waals surface area contributed by atoms with Crippen LogP contribution >= 0.6 is 0 Å². The molecule has 24 heavy (non-hydrogen) atoms. The molecule has 3 rings (SSSR count). The van der Waals surface area contributed by atoms with E-state index in [1.54, 1.807) is 25.1 Å². The molecule has 2 N–H and O–H groups in total. The Labute approximate surface area is 138 Å². The molecule has 6 nitrogen and oxygen atoms in total. The van der Waals surface area contributed by atoms with E-state index >= 15 is 0 Å². The molecule has 0 spiro atoms. The van der Waals surface area contributed by atoms with E-state index in [9.17, 15) is 14.0 Å². The van der Waals surface area contributed by atoms with E-state index < -0.39 is 17.2 Å². The van der Waals surface area contributed by atoms with Gasteiger partial charge in [0.1, 0.15) is 11.5 Å². The van der Waals surface area contributed by atoms with Gasteiger partial charge in [0.15, 0.2) is 5.69 Å². The number of benzene rings is 1. The van der Waals surface area contributed by atoms with Gasteiger partial charge in [-0.05, 0) is 38.4 Å². The van der Waals surface area contributed by atoms with E-state index in [1.807, 2.05) is 0 Å². The highest BCUT2D eigenvalue weighted by atomic mass is 19.1. The van der Waals surface area contributed by atoms with Crippen molar-refractivity contribution in [3.63, 3.8) is 0 Å². The number of para-hydroxylation sites is 1. The zero-order chi connectivity index (χ0) is 17.1. The zero-order valence-electron chi connectivity index (χ0n) is 13.4. The number of hydrogen-bond donors (Lipinski definition) is 2. The van der Waals surface area contributed by atoms with Crippen LogP contribution in [0.4, 0.5) is 4.39 Å². The molecule has 1 unspecified atom stereocenters. The van der Waals surface area contributed by atoms with Crippen LogP contribution in [0.5, 0.6) is 0 Å². The maximum absolute atomic E-state index is 14.0. The number of nitrogens with zero attached hydrogens (tertiary/aromatic N) is 2. The first-order chi connectivity index (χ1) is 11.6. The molecule has 1 aromatic carbocycles. The second-order valence-corrected chi connectivity index (χ2v) is 5.87. The Bertz CT molecular complexity index is 812. The van der Waals surface area contributed by atoms with Crippen LogP contribution in [-0.2, 0) is 0 Å². The normalized spacial score (nSPS) is 17.0. The second-order valence-electron chi connectivity index (χ2n) is 5.87. The summed E-state index contributed by atoms with van der Waals surface area (Å²) in [6.07, 6.45) is 2.06. The molecule has 7 heteroatoms. The molecule has 0 bridgehead atoms. The Morgan fingerprint density at radius 3 is 2.96 bits per heavy atom. The largest absolute Gasteiger partial charge is 0.349 e. The van der Waals surface area contributed by atoms with Crippen molar-refractivity contribution in [1.82, 2.24) is 20.4 Å². The number of halogens is 1. The molecule has 1 aliphatic rings. The van der Waals surface area contributed by atoms with Crippen molar-refractivity contribution in [2.45, 2.75) is 25.8 Å². The van der Waals surface area contributed by atoms with Crippen LogP contribution < -0.4 is 16.1 Å². The molecule has 2 heterocycles. The van der Waals surface area contributed by atoms with Crippen LogP contribution in [-0.4, -0.2) is 34.8 Å². The van der Waals surface area contributed by atoms with Gasteiger partial charge in [0.2, 0.25) is 5.43 Å². The van der Waals surface area contributed by atoms with Crippen molar-refractivity contribution < 1.29 is 9.18 Å². The van der Waals surface area contributed by atoms with Crippen molar-refractivity contribution in [2.75, 3.05) is 13.1 Å². The van der Waals surface area contributed by atoms with E-state index in [0.717, 1.165) is 19.4 Å². The maximum Gasteiger partial charge on any atom is 0.275 e. The number of carbonyl (C=O) groups is 1. The number of aryl methyl sites for hydroxylation is 1. The predicted octanol–water partition coefficient (Wildman–Crippen LogP) is 1.16. The van der Waals surface area contributed by atoms with Crippen molar-refractivity contribution >= 4 is 5.91 Å². The summed E-state index contributed by atoms with van der Waals surface area (Å²) in [5, 5.41) is 10.1. The summed E-state index contributed by atoms with van der Waals surface area (Å²) in [6, 6.07) is 7.60. The number of carbonyl (C=O) groups excluding carboxylic acids is 1. The molecule has 1 saturated heterocycles. The standard InChI is InChI=1S/C17H19FN4O2/c1-11-9-15(23)16(17(24)20-10-12-5-4-8-19-12)21-22(11)14-7-3-2-6-13(14)18/h2-3,6-7,9,12,19H,4-5,8,10H2,1H3,(H,20,24). The van der Waals surface area contributed by atoms with Crippen molar-refractivity contribution in [3.05, 3.63) is 57.8 Å². The first-order valence-corrected chi connectivity index (χ1v) is 7.94. The fourth-order valence-electron chi connectivity index (χ4n) is 2.80. The Morgan fingerprint density at radius 2 is 2.25 bits per heavy atom. The molecule has 1 atom stereocenters. The van der Waals surface area contributed by atoms with Crippen LogP contribution in [0.25, 0.3) is 5.69 Å². The van der Waals surface area contributed by atoms with Crippen molar-refractivity contribution in [3.8, 4) is 5.69 Å². The summed E-state index contributed by atoms with van der Waals surface area (Å²) < 4.78 is 15.3. The number of rotatable bonds is 4. The third kappa shape index (κ3) is 3.35. The molecule has 2 aromatic rings. The van der Waals surface area contributed by atoms with Crippen molar-refractivity contribution in [2.24, 2.45) is 0 Å². The summed E-state index contributed by atoms with van der Waals surface area (Å²) >= 11 is 0. The predicted molar refractivity (Wildman–Crippen MR) is 87.9 cm³/mol. The van der Waals surface area contributed by atoms with E-state index in [0.29, 0.717) is 12.2 Å². The van der Waals surface area contributed by atoms with E-state index in [1.165, 1.54) is 16.8 Å². The van der Waals surface area contributed by atoms with Crippen LogP contribution in [0.1, 0.15) is 29.0 Å². The average Bonchev–Trinajstić information content (AvgIpc) is 3.07. The Balaban J connectivity index is 1.88. The third-order valence-corrected chi connectivity index (χ3v) is 4.07. The number of aromatic nitrogens is 2. The molecular formula is C17H19FN4O2. The van der Waals surface area contributed by atoms with Crippen molar-refractivity contribution in [1.29, 1.82) is 0 Å². The molecule has 1 aromatic heterocycles. The van der Waals surface area contributed by atoms with Gasteiger partial charge in [-0.1, -0.05) is 12.1 Å². The van der Waals surface area contributed by atoms with E-state index in [4.69, 9.17) is 0 Å². The first-order valence-electron chi connectivity index (χ1n) is 7.94. The second kappa shape index (κ2) is 6.92. The van der Waals surface area contributed by atoms with Gasteiger partial charge in [-0.25, -0.2) is 9.07 Å². The lowest BCUT2D eigenvalue weighted by Crippen LogP contribution is -2.39. The molecule has 126 valence electrons. The van der Waals surface area contributed by atoms with E-state index in [2.05, 4.69) is 15.7 Å². The quantitative estimate of drug-likeness (QED) is 0.882. The summed E-state index contributed by atoms with van der Waals surface area (Å²) in [7, 11) is 0. The van der Waals surface area contributed by atoms with Gasteiger partial charge in [-0.2, -0.15) is 5.10 Å². The summed E-state index contributed by atoms with van der Waals surface area (Å²) in [5.41, 5.74) is -0.0561. The highest BCUT2D eigenvalue weighted by Gasteiger charge is 2.19. The first kappa shape index (κ1) is 16.3. The number of amides is 1. The van der Waals surface area contributed by atoms with Gasteiger partial charge in [-0.15, -0.1) is 0 Å². The molecular weight excluding hydrogens is 311 g/mol. The molecule has 0 aliphatic carbocycles. The Kier molecular flexibility index (Phi) is 4.71. The van der Waals surface area contributed by atoms with Crippen LogP contribution in [0, 0.1) is 12.7 Å². The van der Waals surface area contributed by atoms with E-state index in [-0.39, 0.29) is 17.4 Å². The van der Waals surface area contributed by atoms with Crippen LogP contribution in [0.15, 0.2) is 35.1 Å². The fraction of sp³-hybridized carbons (Fsp3) is 0.353. The molecule has 0 saturated carbocycles. The van der Waals surface area contributed by atoms with Gasteiger partial charge >= 0.3 is 0 Å². The lowest BCUT2D eigenvalue weighted by molar-refractivity contribution is 0.0942. The monoisotopic (exact) mass is 330 g/mol. The highest BCUT2D eigenvalue weighted by Crippen LogP contribution is 2.13. The van der Waals surface area contributed by atoms with Gasteiger partial charge in [0.25, 0.3) is 5.91 Å². The molecule has 1 fully saturated rings. The minimum atomic E-state index is -0.543. The fourth-order valence-corrected chi connectivity index (χ4v) is 2.80. The Hall–Kier alpha value is -2.54. The van der Waals surface area contributed by atoms with Crippen LogP contribution in [0.2, 0.25) is 0 Å². The number of nitrogens with one attached hydrogen (secondary N) is 2. The lowest BCUT2D eigenvalue weighted by atomic mass is 10.2. The zero-order valence-corrected chi connectivity index (χ0v) is 13.4. The van der Waals surface area contributed by atoms with Gasteiger partial charge in [-0.3, -0.25) is 9.59 Å². The minimum Gasteiger partial charge on any atom is -0.349 e.